The first-order valence-corrected chi connectivity index (χ1v) is 26.4. The van der Waals surface area contributed by atoms with Crippen LogP contribution in [0.1, 0.15) is 36.8 Å². The molecule has 1 aromatic rings. The predicted octanol–water partition coefficient (Wildman–Crippen LogP) is 22.0. The van der Waals surface area contributed by atoms with E-state index in [-0.39, 0.29) is 18.2 Å². The molecule has 0 unspecified atom stereocenters. The van der Waals surface area contributed by atoms with E-state index < -0.39 is 233 Å². The Kier molecular flexibility index (Phi) is 23.8. The maximum absolute atomic E-state index is 14.9. The van der Waals surface area contributed by atoms with Crippen molar-refractivity contribution in [2.75, 3.05) is 24.6 Å². The molecule has 0 aliphatic rings. The molecule has 558 valence electrons. The Morgan fingerprint density at radius 1 is 0.202 bits per heavy atom. The average Bonchev–Trinajstić information content (AvgIpc) is 0.734. The highest BCUT2D eigenvalue weighted by molar-refractivity contribution is 7.57. The lowest BCUT2D eigenvalue weighted by Crippen LogP contribution is -2.70. The van der Waals surface area contributed by atoms with Crippen molar-refractivity contribution in [2.24, 2.45) is 0 Å². The molecular weight excluding hydrogens is 1530 g/mol. The molecule has 0 N–H and O–H groups in total. The molecule has 0 heterocycles. The quantitative estimate of drug-likeness (QED) is 0.0383. The zero-order valence-corrected chi connectivity index (χ0v) is 44.6. The Bertz CT molecular complexity index is 2370. The minimum atomic E-state index is -8.81. The van der Waals surface area contributed by atoms with Crippen LogP contribution in [0.4, 0.5) is 228 Å². The van der Waals surface area contributed by atoms with Gasteiger partial charge in [0.25, 0.3) is 0 Å². The molecule has 94 heavy (non-hydrogen) atoms. The standard InChI is InChI=1S/C40H23F52P2/c41-17(42,21(49,50)25(57,58)29(65,66)33(73,74)37(81,82)83)4-8-93(9-5-18(43,44)22(51,52)26(59,60)30(67,68)34(75,76)38(84,85)86)13-15-2-1-3-16(12-15)14-94(10-6-19(45,46)23(53,54)27(61,62)31(69,70)35(77,78)39(87,88)89)11-7-20(47,48)24(55,56)28(63,64)32(71,72)36(79,80)40(90,91)92/h1-3H,4-11,13-14H2/q-1. The minimum Gasteiger partial charge on any atom is -0.200 e. The van der Waals surface area contributed by atoms with Crippen LogP contribution in [0.2, 0.25) is 0 Å². The summed E-state index contributed by atoms with van der Waals surface area (Å²) in [7, 11) is -8.80. The molecule has 0 aliphatic carbocycles. The number of hydrogen-bond donors (Lipinski definition) is 0. The van der Waals surface area contributed by atoms with Crippen molar-refractivity contribution in [2.45, 2.75) is 181 Å². The first kappa shape index (κ1) is 88.5. The summed E-state index contributed by atoms with van der Waals surface area (Å²) in [4.78, 5) is 0. The van der Waals surface area contributed by atoms with Crippen LogP contribution in [0, 0.1) is 6.07 Å². The van der Waals surface area contributed by atoms with E-state index in [4.69, 9.17) is 0 Å². The third-order valence-corrected chi connectivity index (χ3v) is 17.7. The normalized spacial score (nSPS) is 16.5. The first-order chi connectivity index (χ1) is 40.3. The van der Waals surface area contributed by atoms with Gasteiger partial charge >= 0.3 is 143 Å². The monoisotopic (exact) mass is 1550 g/mol. The SMILES string of the molecule is FC(F)(F)C(F)(F)C(F)(F)C(F)(F)C(F)(F)C(F)(F)CCP(CCC(F)(F)C(F)(F)C(F)(F)C(F)(F)C(F)(F)C(F)(F)F)Cc1[c-]c(CP(CCC(F)(F)C(F)(F)C(F)(F)C(F)(F)C(F)(F)C(F)(F)F)CCC(F)(F)C(F)(F)C(F)(F)C(F)(F)C(F)(F)C(F)(F)F)ccc1. The summed E-state index contributed by atoms with van der Waals surface area (Å²) >= 11 is 0. The summed E-state index contributed by atoms with van der Waals surface area (Å²) in [6, 6.07) is 1.32. The molecule has 0 aliphatic heterocycles. The predicted molar refractivity (Wildman–Crippen MR) is 208 cm³/mol. The summed E-state index contributed by atoms with van der Waals surface area (Å²) in [6.07, 6.45) is -63.6. The van der Waals surface area contributed by atoms with E-state index in [1.54, 1.807) is 0 Å². The number of hydrogen-bond acceptors (Lipinski definition) is 0. The van der Waals surface area contributed by atoms with Gasteiger partial charge in [-0.2, -0.15) is 264 Å². The number of alkyl halides is 52. The van der Waals surface area contributed by atoms with Crippen LogP contribution in [0.25, 0.3) is 0 Å². The molecule has 0 spiro atoms. The van der Waals surface area contributed by atoms with Crippen molar-refractivity contribution < 1.29 is 228 Å². The van der Waals surface area contributed by atoms with E-state index >= 15 is 0 Å². The third kappa shape index (κ3) is 14.2. The van der Waals surface area contributed by atoms with Gasteiger partial charge < -0.3 is 0 Å². The second-order valence-electron chi connectivity index (χ2n) is 19.3. The highest BCUT2D eigenvalue weighted by Crippen LogP contribution is 2.67. The lowest BCUT2D eigenvalue weighted by molar-refractivity contribution is -0.440. The molecule has 1 rings (SSSR count). The van der Waals surface area contributed by atoms with Crippen LogP contribution >= 0.6 is 15.8 Å². The van der Waals surface area contributed by atoms with E-state index in [1.807, 2.05) is 0 Å². The highest BCUT2D eigenvalue weighted by Gasteiger charge is 2.95. The number of halogens is 52. The van der Waals surface area contributed by atoms with Crippen LogP contribution in [-0.4, -0.2) is 168 Å². The molecule has 0 radical (unpaired) electrons. The molecule has 54 heteroatoms. The largest absolute Gasteiger partial charge is 0.460 e. The summed E-state index contributed by atoms with van der Waals surface area (Å²) in [5, 5.41) is 0. The maximum Gasteiger partial charge on any atom is 0.460 e. The van der Waals surface area contributed by atoms with Gasteiger partial charge in [-0.05, 0) is 37.0 Å². The van der Waals surface area contributed by atoms with E-state index in [1.165, 1.54) is 6.07 Å². The highest BCUT2D eigenvalue weighted by atomic mass is 31.1. The van der Waals surface area contributed by atoms with Gasteiger partial charge in [-0.25, -0.2) is 0 Å². The molecule has 0 aromatic heterocycles. The smallest absolute Gasteiger partial charge is 0.200 e. The van der Waals surface area contributed by atoms with Crippen LogP contribution in [-0.2, 0) is 12.3 Å². The van der Waals surface area contributed by atoms with Crippen molar-refractivity contribution in [3.8, 4) is 0 Å². The minimum absolute atomic E-state index is 0.000930. The molecule has 0 fully saturated rings. The summed E-state index contributed by atoms with van der Waals surface area (Å²) in [6.45, 7) is 0. The Balaban J connectivity index is 4.36. The van der Waals surface area contributed by atoms with Crippen molar-refractivity contribution in [1.29, 1.82) is 0 Å². The van der Waals surface area contributed by atoms with Crippen LogP contribution in [0.5, 0.6) is 0 Å². The molecule has 0 amide bonds. The van der Waals surface area contributed by atoms with Gasteiger partial charge in [0.1, 0.15) is 0 Å². The van der Waals surface area contributed by atoms with Crippen LogP contribution in [0.15, 0.2) is 18.2 Å². The molecule has 0 saturated carbocycles. The van der Waals surface area contributed by atoms with E-state index in [0.717, 1.165) is 0 Å². The second kappa shape index (κ2) is 25.3. The maximum atomic E-state index is 14.9. The lowest BCUT2D eigenvalue weighted by Gasteiger charge is -2.40. The van der Waals surface area contributed by atoms with Gasteiger partial charge in [-0.3, -0.25) is 0 Å². The van der Waals surface area contributed by atoms with Gasteiger partial charge in [0.2, 0.25) is 0 Å². The Morgan fingerprint density at radius 3 is 0.479 bits per heavy atom. The van der Waals surface area contributed by atoms with Crippen molar-refractivity contribution in [3.63, 3.8) is 0 Å². The fourth-order valence-electron chi connectivity index (χ4n) is 6.81. The summed E-state index contributed by atoms with van der Waals surface area (Å²) in [5.74, 6) is -168. The molecule has 1 aromatic carbocycles. The van der Waals surface area contributed by atoms with E-state index in [9.17, 15) is 228 Å². The van der Waals surface area contributed by atoms with Gasteiger partial charge in [-0.1, -0.05) is 0 Å². The molecule has 0 saturated heterocycles. The second-order valence-corrected chi connectivity index (χ2v) is 24.4. The lowest BCUT2D eigenvalue weighted by atomic mass is 9.93. The number of benzene rings is 1. The Hall–Kier alpha value is -3.56. The van der Waals surface area contributed by atoms with Gasteiger partial charge in [0.05, 0.1) is 0 Å². The Morgan fingerprint density at radius 2 is 0.340 bits per heavy atom. The zero-order valence-electron chi connectivity index (χ0n) is 42.9. The fraction of sp³-hybridized carbons (Fsp3) is 0.850. The van der Waals surface area contributed by atoms with Gasteiger partial charge in [0, 0.05) is 25.7 Å². The molecule has 0 nitrogen and oxygen atoms in total. The molecular formula is C40H23F52P2-. The van der Waals surface area contributed by atoms with E-state index in [0.29, 0.717) is 0 Å². The fourth-order valence-corrected chi connectivity index (χ4v) is 11.6. The molecule has 0 bridgehead atoms. The van der Waals surface area contributed by atoms with Crippen molar-refractivity contribution in [3.05, 3.63) is 35.4 Å². The van der Waals surface area contributed by atoms with Crippen molar-refractivity contribution >= 4 is 15.8 Å². The van der Waals surface area contributed by atoms with Crippen LogP contribution < -0.4 is 0 Å². The first-order valence-electron chi connectivity index (χ1n) is 22.6. The summed E-state index contributed by atoms with van der Waals surface area (Å²) < 4.78 is 718. The van der Waals surface area contributed by atoms with Crippen molar-refractivity contribution in [1.82, 2.24) is 0 Å². The summed E-state index contributed by atoms with van der Waals surface area (Å²) in [5.41, 5.74) is -3.22. The van der Waals surface area contributed by atoms with E-state index in [2.05, 4.69) is 0 Å². The Labute approximate surface area is 485 Å². The number of rotatable bonds is 32. The average molecular weight is 1550 g/mol. The zero-order chi connectivity index (χ0) is 76.2. The molecule has 0 atom stereocenters. The van der Waals surface area contributed by atoms with Crippen LogP contribution in [0.3, 0.4) is 0 Å². The third-order valence-electron chi connectivity index (χ3n) is 12.7. The van der Waals surface area contributed by atoms with Gasteiger partial charge in [0.15, 0.2) is 0 Å². The van der Waals surface area contributed by atoms with Gasteiger partial charge in [-0.15, -0.1) is 15.8 Å². The topological polar surface area (TPSA) is 0 Å².